The second kappa shape index (κ2) is 7.04. The monoisotopic (exact) mass is 318 g/mol. The molecule has 3 aromatic rings. The lowest BCUT2D eigenvalue weighted by atomic mass is 10.1. The van der Waals surface area contributed by atoms with E-state index in [1.54, 1.807) is 0 Å². The van der Waals surface area contributed by atoms with Gasteiger partial charge in [-0.25, -0.2) is 4.98 Å². The molecule has 0 fully saturated rings. The van der Waals surface area contributed by atoms with Crippen molar-refractivity contribution in [3.8, 4) is 11.3 Å². The van der Waals surface area contributed by atoms with E-state index in [9.17, 15) is 0 Å². The summed E-state index contributed by atoms with van der Waals surface area (Å²) < 4.78 is 4.23. The van der Waals surface area contributed by atoms with Gasteiger partial charge >= 0.3 is 0 Å². The number of nitrogens with zero attached hydrogens (tertiary/aromatic N) is 4. The Morgan fingerprint density at radius 2 is 2.05 bits per heavy atom. The van der Waals surface area contributed by atoms with Crippen LogP contribution in [0.25, 0.3) is 11.3 Å². The van der Waals surface area contributed by atoms with Crippen LogP contribution in [0.1, 0.15) is 0 Å². The highest BCUT2D eigenvalue weighted by atomic mass is 32.1. The number of nitrogen functional groups attached to an aromatic ring is 2. The summed E-state index contributed by atoms with van der Waals surface area (Å²) in [6.07, 6.45) is 1.18. The lowest BCUT2D eigenvalue weighted by Crippen LogP contribution is -2.21. The van der Waals surface area contributed by atoms with E-state index in [0.717, 1.165) is 11.3 Å². The van der Waals surface area contributed by atoms with Crippen molar-refractivity contribution in [2.75, 3.05) is 11.5 Å². The van der Waals surface area contributed by atoms with Crippen molar-refractivity contribution in [1.29, 1.82) is 0 Å². The summed E-state index contributed by atoms with van der Waals surface area (Å²) in [6, 6.07) is 7.50. The van der Waals surface area contributed by atoms with E-state index in [2.05, 4.69) is 24.6 Å². The van der Waals surface area contributed by atoms with Gasteiger partial charge in [0.25, 0.3) is 5.95 Å². The van der Waals surface area contributed by atoms with Crippen LogP contribution in [0.15, 0.2) is 45.6 Å². The van der Waals surface area contributed by atoms with Gasteiger partial charge < -0.3 is 27.5 Å². The molecule has 1 aromatic carbocycles. The molecule has 114 valence electrons. The number of benzene rings is 1. The molecule has 0 aliphatic rings. The van der Waals surface area contributed by atoms with Crippen molar-refractivity contribution >= 4 is 34.1 Å². The van der Waals surface area contributed by atoms with Gasteiger partial charge in [0.05, 0.1) is 5.69 Å². The van der Waals surface area contributed by atoms with Gasteiger partial charge in [-0.15, -0.1) is 11.3 Å². The zero-order valence-corrected chi connectivity index (χ0v) is 12.2. The molecular weight excluding hydrogens is 304 g/mol. The van der Waals surface area contributed by atoms with E-state index in [0.29, 0.717) is 10.8 Å². The van der Waals surface area contributed by atoms with Crippen LogP contribution in [0.3, 0.4) is 0 Å². The average molecular weight is 318 g/mol. The third kappa shape index (κ3) is 4.45. The Balaban J connectivity index is 0.000000246. The van der Waals surface area contributed by atoms with Gasteiger partial charge in [0.15, 0.2) is 5.96 Å². The van der Waals surface area contributed by atoms with Crippen LogP contribution in [0, 0.1) is 0 Å². The predicted molar refractivity (Wildman–Crippen MR) is 86.1 cm³/mol. The first-order valence-corrected chi connectivity index (χ1v) is 6.85. The fourth-order valence-corrected chi connectivity index (χ4v) is 2.15. The minimum atomic E-state index is 0.00785. The number of thiazole rings is 1. The molecule has 0 spiro atoms. The smallest absolute Gasteiger partial charge is 0.260 e. The second-order valence-electron chi connectivity index (χ2n) is 3.97. The van der Waals surface area contributed by atoms with Gasteiger partial charge in [-0.2, -0.15) is 9.98 Å². The van der Waals surface area contributed by atoms with E-state index >= 15 is 0 Å². The lowest BCUT2D eigenvalue weighted by Gasteiger charge is -1.97. The quantitative estimate of drug-likeness (QED) is 0.307. The highest BCUT2D eigenvalue weighted by Crippen LogP contribution is 2.27. The van der Waals surface area contributed by atoms with Crippen molar-refractivity contribution in [2.24, 2.45) is 16.5 Å². The van der Waals surface area contributed by atoms with Gasteiger partial charge in [-0.1, -0.05) is 12.1 Å². The summed E-state index contributed by atoms with van der Waals surface area (Å²) in [5, 5.41) is 5.63. The normalized spacial score (nSPS) is 9.64. The third-order valence-electron chi connectivity index (χ3n) is 2.28. The van der Waals surface area contributed by atoms with Crippen LogP contribution in [0.5, 0.6) is 0 Å². The van der Waals surface area contributed by atoms with Crippen LogP contribution in [-0.4, -0.2) is 21.1 Å². The molecule has 10 heteroatoms. The first kappa shape index (κ1) is 15.3. The van der Waals surface area contributed by atoms with Crippen molar-refractivity contribution < 1.29 is 4.52 Å². The SMILES string of the molecule is NC(N)=Nc1nc(-c2cccc(N)c2)cs1.Nc1ncon1. The van der Waals surface area contributed by atoms with Crippen molar-refractivity contribution in [2.45, 2.75) is 0 Å². The van der Waals surface area contributed by atoms with E-state index < -0.39 is 0 Å². The van der Waals surface area contributed by atoms with E-state index in [1.807, 2.05) is 29.6 Å². The number of aliphatic imine (C=N–C) groups is 1. The number of nitrogens with two attached hydrogens (primary N) is 4. The Labute approximate surface area is 129 Å². The molecule has 0 unspecified atom stereocenters. The average Bonchev–Trinajstić information content (AvgIpc) is 3.10. The molecule has 2 heterocycles. The van der Waals surface area contributed by atoms with Crippen LogP contribution in [0.4, 0.5) is 16.8 Å². The molecule has 0 aliphatic carbocycles. The molecule has 3 rings (SSSR count). The number of aromatic nitrogens is 3. The zero-order chi connectivity index (χ0) is 15.9. The Bertz CT molecular complexity index is 748. The molecule has 0 radical (unpaired) electrons. The number of anilines is 2. The first-order chi connectivity index (χ1) is 10.5. The van der Waals surface area contributed by atoms with Gasteiger partial charge in [0, 0.05) is 16.6 Å². The van der Waals surface area contributed by atoms with Crippen molar-refractivity contribution in [3.05, 3.63) is 36.0 Å². The van der Waals surface area contributed by atoms with Crippen LogP contribution in [-0.2, 0) is 0 Å². The molecule has 0 saturated heterocycles. The van der Waals surface area contributed by atoms with Crippen molar-refractivity contribution in [1.82, 2.24) is 15.1 Å². The molecule has 0 atom stereocenters. The molecule has 0 bridgehead atoms. The maximum Gasteiger partial charge on any atom is 0.260 e. The lowest BCUT2D eigenvalue weighted by molar-refractivity contribution is 0.419. The summed E-state index contributed by atoms with van der Waals surface area (Å²) >= 11 is 1.38. The first-order valence-electron chi connectivity index (χ1n) is 5.97. The van der Waals surface area contributed by atoms with Crippen molar-refractivity contribution in [3.63, 3.8) is 0 Å². The van der Waals surface area contributed by atoms with Gasteiger partial charge in [0.1, 0.15) is 0 Å². The maximum absolute atomic E-state index is 5.69. The maximum atomic E-state index is 5.69. The molecule has 2 aromatic heterocycles. The fraction of sp³-hybridized carbons (Fsp3) is 0. The molecule has 9 nitrogen and oxygen atoms in total. The van der Waals surface area contributed by atoms with E-state index in [-0.39, 0.29) is 11.9 Å². The summed E-state index contributed by atoms with van der Waals surface area (Å²) in [7, 11) is 0. The Morgan fingerprint density at radius 3 is 2.59 bits per heavy atom. The van der Waals surface area contributed by atoms with Gasteiger partial charge in [-0.05, 0) is 17.3 Å². The molecule has 22 heavy (non-hydrogen) atoms. The van der Waals surface area contributed by atoms with Crippen LogP contribution in [0.2, 0.25) is 0 Å². The third-order valence-corrected chi connectivity index (χ3v) is 3.01. The second-order valence-corrected chi connectivity index (χ2v) is 4.80. The Morgan fingerprint density at radius 1 is 1.23 bits per heavy atom. The number of guanidine groups is 1. The summed E-state index contributed by atoms with van der Waals surface area (Å²) in [4.78, 5) is 11.6. The topological polar surface area (TPSA) is 168 Å². The van der Waals surface area contributed by atoms with E-state index in [4.69, 9.17) is 22.9 Å². The predicted octanol–water partition coefficient (Wildman–Crippen LogP) is 0.949. The molecular formula is C12H14N8OS. The largest absolute Gasteiger partial charge is 0.399 e. The highest BCUT2D eigenvalue weighted by Gasteiger charge is 2.03. The summed E-state index contributed by atoms with van der Waals surface area (Å²) in [5.41, 5.74) is 23.7. The fourth-order valence-electron chi connectivity index (χ4n) is 1.44. The van der Waals surface area contributed by atoms with Crippen LogP contribution < -0.4 is 22.9 Å². The standard InChI is InChI=1S/C10H11N5S.C2H3N3O/c11-7-3-1-2-6(4-7)8-5-16-10(14-8)15-9(12)13;3-2-4-1-6-5-2/h1-5H,11H2,(H4,12,13,14,15);1H,(H2,3,5). The molecule has 0 amide bonds. The number of rotatable bonds is 2. The molecule has 0 aliphatic heterocycles. The summed E-state index contributed by atoms with van der Waals surface area (Å²) in [6.45, 7) is 0. The number of hydrogen-bond donors (Lipinski definition) is 4. The minimum absolute atomic E-state index is 0.00785. The minimum Gasteiger partial charge on any atom is -0.399 e. The van der Waals surface area contributed by atoms with E-state index in [1.165, 1.54) is 17.7 Å². The Kier molecular flexibility index (Phi) is 4.88. The van der Waals surface area contributed by atoms with Gasteiger partial charge in [-0.3, -0.25) is 0 Å². The molecule has 8 N–H and O–H groups in total. The van der Waals surface area contributed by atoms with Gasteiger partial charge in [0.2, 0.25) is 11.5 Å². The number of hydrogen-bond acceptors (Lipinski definition) is 8. The van der Waals surface area contributed by atoms with Crippen LogP contribution >= 0.6 is 11.3 Å². The highest BCUT2D eigenvalue weighted by molar-refractivity contribution is 7.13. The molecule has 0 saturated carbocycles. The Hall–Kier alpha value is -3.14. The zero-order valence-electron chi connectivity index (χ0n) is 11.4. The summed E-state index contributed by atoms with van der Waals surface area (Å²) in [5.74, 6) is 0.184.